The van der Waals surface area contributed by atoms with Crippen molar-refractivity contribution in [1.82, 2.24) is 0 Å². The number of hydrogen-bond acceptors (Lipinski definition) is 2. The van der Waals surface area contributed by atoms with E-state index in [1.807, 2.05) is 0 Å². The molecule has 0 aliphatic rings. The number of alkyl halides is 2. The van der Waals surface area contributed by atoms with Crippen LogP contribution >= 0.6 is 0 Å². The first-order valence-electron chi connectivity index (χ1n) is 2.55. The number of hydrogen-bond donors (Lipinski definition) is 0. The Kier molecular flexibility index (Phi) is 3.92. The Morgan fingerprint density at radius 3 is 2.67 bits per heavy atom. The van der Waals surface area contributed by atoms with Crippen LogP contribution in [0.15, 0.2) is 0 Å². The van der Waals surface area contributed by atoms with E-state index in [9.17, 15) is 13.6 Å². The van der Waals surface area contributed by atoms with E-state index in [-0.39, 0.29) is 6.61 Å². The maximum atomic E-state index is 11.8. The van der Waals surface area contributed by atoms with Crippen LogP contribution in [0.5, 0.6) is 0 Å². The first-order valence-corrected chi connectivity index (χ1v) is 2.55. The molecule has 54 valence electrons. The van der Waals surface area contributed by atoms with Crippen LogP contribution in [0, 0.1) is 0 Å². The minimum absolute atomic E-state index is 0.354. The van der Waals surface area contributed by atoms with Gasteiger partial charge in [-0.25, -0.2) is 13.6 Å². The third-order valence-corrected chi connectivity index (χ3v) is 0.646. The fraction of sp³-hybridized carbons (Fsp3) is 0.800. The lowest BCUT2D eigenvalue weighted by Gasteiger charge is -2.00. The Hall–Kier alpha value is -0.670. The van der Waals surface area contributed by atoms with Crippen LogP contribution in [0.25, 0.3) is 0 Å². The van der Waals surface area contributed by atoms with Crippen LogP contribution in [0.1, 0.15) is 6.92 Å². The van der Waals surface area contributed by atoms with E-state index >= 15 is 0 Å². The number of halogens is 2. The molecule has 0 radical (unpaired) electrons. The zero-order valence-corrected chi connectivity index (χ0v) is 5.06. The average Bonchev–Trinajstić information content (AvgIpc) is 1.82. The van der Waals surface area contributed by atoms with Crippen LogP contribution < -0.4 is 0 Å². The molecule has 9 heavy (non-hydrogen) atoms. The third kappa shape index (κ3) is 3.88. The summed E-state index contributed by atoms with van der Waals surface area (Å²) in [6.45, 7) is -0.0773. The second-order valence-electron chi connectivity index (χ2n) is 1.47. The SMILES string of the molecule is CC(F)C(=O)OCCF. The van der Waals surface area contributed by atoms with Gasteiger partial charge in [-0.2, -0.15) is 0 Å². The Morgan fingerprint density at radius 1 is 1.78 bits per heavy atom. The van der Waals surface area contributed by atoms with Crippen molar-refractivity contribution in [2.24, 2.45) is 0 Å². The number of carbonyl (C=O) groups is 1. The number of ether oxygens (including phenoxy) is 1. The summed E-state index contributed by atoms with van der Waals surface area (Å²) in [6.07, 6.45) is -1.66. The predicted molar refractivity (Wildman–Crippen MR) is 27.5 cm³/mol. The molecule has 0 aliphatic carbocycles. The quantitative estimate of drug-likeness (QED) is 0.540. The summed E-state index contributed by atoms with van der Waals surface area (Å²) in [5.74, 6) is -1.01. The van der Waals surface area contributed by atoms with Crippen molar-refractivity contribution >= 4 is 5.97 Å². The molecule has 4 heteroatoms. The summed E-state index contributed by atoms with van der Waals surface area (Å²) in [6, 6.07) is 0. The molecule has 0 heterocycles. The van der Waals surface area contributed by atoms with E-state index in [0.29, 0.717) is 0 Å². The average molecular weight is 138 g/mol. The van der Waals surface area contributed by atoms with Gasteiger partial charge in [0, 0.05) is 0 Å². The summed E-state index contributed by atoms with van der Waals surface area (Å²) in [5, 5.41) is 0. The van der Waals surface area contributed by atoms with Crippen molar-refractivity contribution in [2.45, 2.75) is 13.1 Å². The first-order chi connectivity index (χ1) is 4.18. The van der Waals surface area contributed by atoms with E-state index in [1.54, 1.807) is 0 Å². The van der Waals surface area contributed by atoms with Crippen molar-refractivity contribution in [2.75, 3.05) is 13.3 Å². The highest BCUT2D eigenvalue weighted by atomic mass is 19.1. The summed E-state index contributed by atoms with van der Waals surface area (Å²) in [5.41, 5.74) is 0. The summed E-state index contributed by atoms with van der Waals surface area (Å²) < 4.78 is 27.1. The second kappa shape index (κ2) is 4.23. The molecule has 0 rings (SSSR count). The van der Waals surface area contributed by atoms with Gasteiger partial charge in [-0.1, -0.05) is 0 Å². The highest BCUT2D eigenvalue weighted by molar-refractivity contribution is 5.73. The topological polar surface area (TPSA) is 26.3 Å². The highest BCUT2D eigenvalue weighted by Crippen LogP contribution is 1.91. The van der Waals surface area contributed by atoms with Crippen molar-refractivity contribution in [3.63, 3.8) is 0 Å². The Balaban J connectivity index is 3.28. The summed E-state index contributed by atoms with van der Waals surface area (Å²) >= 11 is 0. The lowest BCUT2D eigenvalue weighted by Crippen LogP contribution is -2.16. The second-order valence-corrected chi connectivity index (χ2v) is 1.47. The molecule has 0 aliphatic heterocycles. The van der Waals surface area contributed by atoms with Gasteiger partial charge in [0.25, 0.3) is 0 Å². The van der Waals surface area contributed by atoms with Gasteiger partial charge < -0.3 is 4.74 Å². The van der Waals surface area contributed by atoms with E-state index in [0.717, 1.165) is 6.92 Å². The smallest absolute Gasteiger partial charge is 0.340 e. The fourth-order valence-corrected chi connectivity index (χ4v) is 0.254. The zero-order chi connectivity index (χ0) is 7.28. The molecule has 0 aromatic heterocycles. The lowest BCUT2D eigenvalue weighted by molar-refractivity contribution is -0.149. The van der Waals surface area contributed by atoms with Gasteiger partial charge in [0.15, 0.2) is 6.17 Å². The monoisotopic (exact) mass is 138 g/mol. The van der Waals surface area contributed by atoms with Gasteiger partial charge >= 0.3 is 5.97 Å². The van der Waals surface area contributed by atoms with Crippen LogP contribution in [0.4, 0.5) is 8.78 Å². The Labute approximate surface area is 51.8 Å². The number of esters is 1. The van der Waals surface area contributed by atoms with Crippen LogP contribution in [0.3, 0.4) is 0 Å². The van der Waals surface area contributed by atoms with Crippen molar-refractivity contribution in [3.05, 3.63) is 0 Å². The maximum absolute atomic E-state index is 11.8. The molecule has 0 amide bonds. The van der Waals surface area contributed by atoms with Gasteiger partial charge in [-0.05, 0) is 6.92 Å². The Bertz CT molecular complexity index is 93.0. The van der Waals surface area contributed by atoms with Crippen LogP contribution in [-0.4, -0.2) is 25.4 Å². The minimum Gasteiger partial charge on any atom is -0.461 e. The van der Waals surface area contributed by atoms with Gasteiger partial charge in [0.05, 0.1) is 0 Å². The molecule has 0 aromatic rings. The third-order valence-electron chi connectivity index (χ3n) is 0.646. The Morgan fingerprint density at radius 2 is 2.33 bits per heavy atom. The van der Waals surface area contributed by atoms with Gasteiger partial charge in [-0.3, -0.25) is 0 Å². The molecule has 1 unspecified atom stereocenters. The molecule has 0 saturated heterocycles. The van der Waals surface area contributed by atoms with Crippen LogP contribution in [-0.2, 0) is 9.53 Å². The molecule has 0 bridgehead atoms. The molecular formula is C5H8F2O2. The van der Waals surface area contributed by atoms with Crippen LogP contribution in [0.2, 0.25) is 0 Å². The highest BCUT2D eigenvalue weighted by Gasteiger charge is 2.10. The van der Waals surface area contributed by atoms with E-state index in [4.69, 9.17) is 0 Å². The maximum Gasteiger partial charge on any atom is 0.340 e. The minimum atomic E-state index is -1.66. The normalized spacial score (nSPS) is 12.8. The molecule has 0 aromatic carbocycles. The van der Waals surface area contributed by atoms with Crippen molar-refractivity contribution < 1.29 is 18.3 Å². The summed E-state index contributed by atoms with van der Waals surface area (Å²) in [4.78, 5) is 10.1. The molecule has 0 saturated carbocycles. The van der Waals surface area contributed by atoms with Crippen molar-refractivity contribution in [3.8, 4) is 0 Å². The zero-order valence-electron chi connectivity index (χ0n) is 5.06. The first kappa shape index (κ1) is 8.33. The van der Waals surface area contributed by atoms with E-state index < -0.39 is 18.8 Å². The predicted octanol–water partition coefficient (Wildman–Crippen LogP) is 0.857. The lowest BCUT2D eigenvalue weighted by atomic mass is 10.5. The van der Waals surface area contributed by atoms with Gasteiger partial charge in [0.1, 0.15) is 13.3 Å². The van der Waals surface area contributed by atoms with Gasteiger partial charge in [-0.15, -0.1) is 0 Å². The molecule has 1 atom stereocenters. The standard InChI is InChI=1S/C5H8F2O2/c1-4(7)5(8)9-3-2-6/h4H,2-3H2,1H3. The number of rotatable bonds is 3. The molecule has 2 nitrogen and oxygen atoms in total. The fourth-order valence-electron chi connectivity index (χ4n) is 0.254. The summed E-state index contributed by atoms with van der Waals surface area (Å²) in [7, 11) is 0. The van der Waals surface area contributed by atoms with E-state index in [2.05, 4.69) is 4.74 Å². The van der Waals surface area contributed by atoms with Crippen molar-refractivity contribution in [1.29, 1.82) is 0 Å². The molecule has 0 N–H and O–H groups in total. The molecule has 0 spiro atoms. The van der Waals surface area contributed by atoms with E-state index in [1.165, 1.54) is 0 Å². The van der Waals surface area contributed by atoms with Gasteiger partial charge in [0.2, 0.25) is 0 Å². The number of carbonyl (C=O) groups excluding carboxylic acids is 1. The molecular weight excluding hydrogens is 130 g/mol. The molecule has 0 fully saturated rings. The largest absolute Gasteiger partial charge is 0.461 e.